The Morgan fingerprint density at radius 1 is 0.214 bits per heavy atom. The third-order valence-electron chi connectivity index (χ3n) is 30.2. The SMILES string of the molecule is CC12CCCCC1(C)[Si](c1ccccc1)(c1ccccc1)c1ccc(-c3cc(-c4ccccc4)c4ccc5c(-c6ccc7c(c6)C6(C)CCCCC6(C)[Si]7(c6ccccc6)c6ccccc6)cc(-c6ccc7c(c6)C6(C)CCCCC6(C)[Si]7(c6ccccc6)c6ccccc6)c6ccc3c4c56)cc12. The molecule has 6 aliphatic rings. The molecule has 0 nitrogen and oxygen atoms in total. The standard InChI is InChI=1S/C100H92Si3/c1-95-58-28-31-61-98(95,4)101(73-36-16-8-17-37-73,74-38-18-9-19-39-74)90-55-48-70(64-87(90)95)84-67-83(69-34-14-7-15-35-69)79-51-52-81-85(71-49-56-91-88(65-71)96(2)59-29-32-62-99(96,5)102(91,75-40-20-10-21-41-75)76-42-22-11-23-43-76)68-86(82-54-53-80(84)93(79)94(81)82)72-50-57-92-89(66-72)97(3)60-30-33-63-100(97,6)103(92,77-44-24-12-25-45-77)78-46-26-13-27-47-78/h7-27,34-57,64-68H,28-33,58-63H2,1-6H3. The van der Waals surface area contributed by atoms with Gasteiger partial charge in [0.25, 0.3) is 0 Å². The molecule has 0 radical (unpaired) electrons. The van der Waals surface area contributed by atoms with E-state index in [9.17, 15) is 0 Å². The Balaban J connectivity index is 0.886. The second kappa shape index (κ2) is 22.9. The third-order valence-corrected chi connectivity index (χ3v) is 48.5. The van der Waals surface area contributed by atoms with Crippen molar-refractivity contribution in [3.05, 3.63) is 320 Å². The molecule has 6 unspecified atom stereocenters. The van der Waals surface area contributed by atoms with Crippen LogP contribution in [0.2, 0.25) is 15.1 Å². The van der Waals surface area contributed by atoms with Gasteiger partial charge in [-0.3, -0.25) is 0 Å². The first-order valence-electron chi connectivity index (χ1n) is 38.9. The van der Waals surface area contributed by atoms with Crippen LogP contribution in [0.5, 0.6) is 0 Å². The topological polar surface area (TPSA) is 0 Å². The highest BCUT2D eigenvalue weighted by molar-refractivity contribution is 7.16. The zero-order valence-electron chi connectivity index (χ0n) is 60.9. The molecular weight excluding hydrogens is 1290 g/mol. The van der Waals surface area contributed by atoms with E-state index in [1.807, 2.05) is 0 Å². The van der Waals surface area contributed by atoms with Crippen molar-refractivity contribution < 1.29 is 0 Å². The molecule has 0 N–H and O–H groups in total. The molecule has 0 saturated heterocycles. The minimum atomic E-state index is -2.70. The summed E-state index contributed by atoms with van der Waals surface area (Å²) in [5.74, 6) is 0. The summed E-state index contributed by atoms with van der Waals surface area (Å²) in [5.41, 5.74) is 15.2. The number of hydrogen-bond donors (Lipinski definition) is 0. The lowest BCUT2D eigenvalue weighted by Gasteiger charge is -2.54. The highest BCUT2D eigenvalue weighted by atomic mass is 28.3. The second-order valence-corrected chi connectivity index (χ2v) is 46.6. The first kappa shape index (κ1) is 63.5. The molecule has 0 amide bonds. The van der Waals surface area contributed by atoms with Gasteiger partial charge in [-0.25, -0.2) is 0 Å². The van der Waals surface area contributed by atoms with Gasteiger partial charge in [-0.05, 0) is 222 Å². The second-order valence-electron chi connectivity index (χ2n) is 33.7. The number of fused-ring (bicyclic) bond motifs is 9. The van der Waals surface area contributed by atoms with Crippen molar-refractivity contribution in [2.24, 2.45) is 0 Å². The van der Waals surface area contributed by atoms with Gasteiger partial charge in [-0.15, -0.1) is 0 Å². The summed E-state index contributed by atoms with van der Waals surface area (Å²) in [5, 5.41) is 22.4. The smallest absolute Gasteiger partial charge is 0.0624 e. The monoisotopic (exact) mass is 1380 g/mol. The van der Waals surface area contributed by atoms with Gasteiger partial charge in [-0.1, -0.05) is 371 Å². The highest BCUT2D eigenvalue weighted by Gasteiger charge is 2.72. The number of rotatable bonds is 10. The van der Waals surface area contributed by atoms with Crippen molar-refractivity contribution >= 4 is 103 Å². The predicted molar refractivity (Wildman–Crippen MR) is 447 cm³/mol. The quantitative estimate of drug-likeness (QED) is 0.0946. The Morgan fingerprint density at radius 3 is 0.689 bits per heavy atom. The van der Waals surface area contributed by atoms with Crippen LogP contribution in [-0.2, 0) is 16.2 Å². The fourth-order valence-corrected chi connectivity index (χ4v) is 45.8. The summed E-state index contributed by atoms with van der Waals surface area (Å²) in [6.45, 7) is 16.3. The largest absolute Gasteiger partial charge is 0.155 e. The Labute approximate surface area is 613 Å². The van der Waals surface area contributed by atoms with Crippen LogP contribution in [0.4, 0.5) is 0 Å². The fourth-order valence-electron chi connectivity index (χ4n) is 25.0. The molecular formula is C100H92Si3. The maximum Gasteiger partial charge on any atom is 0.155 e. The molecule has 3 saturated carbocycles. The molecule has 0 bridgehead atoms. The van der Waals surface area contributed by atoms with Crippen LogP contribution in [-0.4, -0.2) is 24.2 Å². The summed E-state index contributed by atoms with van der Waals surface area (Å²) in [6.07, 6.45) is 14.8. The van der Waals surface area contributed by atoms with Crippen LogP contribution in [0.3, 0.4) is 0 Å². The van der Waals surface area contributed by atoms with Gasteiger partial charge >= 0.3 is 0 Å². The molecule has 3 heteroatoms. The molecule has 20 rings (SSSR count). The van der Waals surface area contributed by atoms with E-state index in [4.69, 9.17) is 0 Å². The van der Waals surface area contributed by atoms with Crippen LogP contribution in [0.15, 0.2) is 303 Å². The zero-order chi connectivity index (χ0) is 69.4. The van der Waals surface area contributed by atoms with Gasteiger partial charge in [0.2, 0.25) is 0 Å². The average Bonchev–Trinajstić information content (AvgIpc) is 1.51. The van der Waals surface area contributed by atoms with Crippen LogP contribution in [0.25, 0.3) is 76.8 Å². The van der Waals surface area contributed by atoms with Gasteiger partial charge in [-0.2, -0.15) is 0 Å². The molecule has 3 aliphatic heterocycles. The molecule has 3 heterocycles. The van der Waals surface area contributed by atoms with E-state index in [-0.39, 0.29) is 31.4 Å². The molecule has 0 spiro atoms. The fraction of sp³-hybridized carbons (Fsp3) is 0.240. The molecule has 3 aliphatic carbocycles. The van der Waals surface area contributed by atoms with Crippen molar-refractivity contribution in [3.8, 4) is 44.5 Å². The summed E-state index contributed by atoms with van der Waals surface area (Å²) in [6, 6.07) is 122. The Morgan fingerprint density at radius 2 is 0.437 bits per heavy atom. The summed E-state index contributed by atoms with van der Waals surface area (Å²) in [4.78, 5) is 0. The van der Waals surface area contributed by atoms with E-state index >= 15 is 0 Å². The molecule has 14 aromatic rings. The van der Waals surface area contributed by atoms with Crippen LogP contribution in [0, 0.1) is 0 Å². The number of benzene rings is 14. The first-order chi connectivity index (χ1) is 50.3. The lowest BCUT2D eigenvalue weighted by atomic mass is 9.63. The van der Waals surface area contributed by atoms with E-state index < -0.39 is 24.2 Å². The van der Waals surface area contributed by atoms with Crippen molar-refractivity contribution in [3.63, 3.8) is 0 Å². The normalized spacial score (nSPS) is 25.4. The predicted octanol–water partition coefficient (Wildman–Crippen LogP) is 20.5. The van der Waals surface area contributed by atoms with Crippen LogP contribution < -0.4 is 46.7 Å². The summed E-state index contributed by atoms with van der Waals surface area (Å²) < 4.78 is 0. The van der Waals surface area contributed by atoms with E-state index in [1.54, 1.807) is 63.4 Å². The van der Waals surface area contributed by atoms with E-state index in [0.717, 1.165) is 0 Å². The van der Waals surface area contributed by atoms with E-state index in [0.29, 0.717) is 0 Å². The Bertz CT molecular complexity index is 5370. The van der Waals surface area contributed by atoms with Gasteiger partial charge < -0.3 is 0 Å². The van der Waals surface area contributed by atoms with Crippen LogP contribution in [0.1, 0.15) is 135 Å². The lowest BCUT2D eigenvalue weighted by Crippen LogP contribution is -2.72. The lowest BCUT2D eigenvalue weighted by molar-refractivity contribution is 0.241. The van der Waals surface area contributed by atoms with Gasteiger partial charge in [0.15, 0.2) is 24.2 Å². The van der Waals surface area contributed by atoms with Gasteiger partial charge in [0.05, 0.1) is 0 Å². The highest BCUT2D eigenvalue weighted by Crippen LogP contribution is 2.69. The van der Waals surface area contributed by atoms with Crippen molar-refractivity contribution in [1.29, 1.82) is 0 Å². The first-order valence-corrected chi connectivity index (χ1v) is 44.9. The van der Waals surface area contributed by atoms with Crippen molar-refractivity contribution in [2.45, 2.75) is 150 Å². The molecule has 504 valence electrons. The Hall–Kier alpha value is -9.23. The van der Waals surface area contributed by atoms with Crippen molar-refractivity contribution in [1.82, 2.24) is 0 Å². The molecule has 0 aromatic heterocycles. The maximum atomic E-state index is 2.77. The Kier molecular flexibility index (Phi) is 14.1. The molecule has 103 heavy (non-hydrogen) atoms. The zero-order valence-corrected chi connectivity index (χ0v) is 63.9. The summed E-state index contributed by atoms with van der Waals surface area (Å²) in [7, 11) is -8.06. The maximum absolute atomic E-state index is 2.77. The molecule has 6 atom stereocenters. The molecule has 3 fully saturated rings. The van der Waals surface area contributed by atoms with Crippen LogP contribution >= 0.6 is 0 Å². The van der Waals surface area contributed by atoms with Crippen molar-refractivity contribution in [2.75, 3.05) is 0 Å². The van der Waals surface area contributed by atoms with Gasteiger partial charge in [0, 0.05) is 0 Å². The van der Waals surface area contributed by atoms with E-state index in [1.165, 1.54) is 154 Å². The number of hydrogen-bond acceptors (Lipinski definition) is 0. The van der Waals surface area contributed by atoms with Gasteiger partial charge in [0.1, 0.15) is 0 Å². The third kappa shape index (κ3) is 8.02. The summed E-state index contributed by atoms with van der Waals surface area (Å²) >= 11 is 0. The minimum absolute atomic E-state index is 0.0248. The average molecular weight is 1380 g/mol. The molecule has 14 aromatic carbocycles. The van der Waals surface area contributed by atoms with E-state index in [2.05, 4.69) is 345 Å². The minimum Gasteiger partial charge on any atom is -0.0624 e.